The van der Waals surface area contributed by atoms with Gasteiger partial charge in [0.1, 0.15) is 19.3 Å². The molecule has 0 bridgehead atoms. The molecule has 0 amide bonds. The SMILES string of the molecule is CCCCC/C=C\C/C=C\C/C=C\C/C=C\CCCC(=O)OC[C@H](COP(=O)(O)OC[C@@H](O)COP(=O)(O)OC[C@@H](COC(=O)CCCCCCC/C=C\C/C=C\CCCCC)OC(=O)CCCCCCCCCCCCCCCCC)OC(=O)CCCCCCC/C=C\CCCCCCCC. The summed E-state index contributed by atoms with van der Waals surface area (Å²) in [6, 6.07) is 0. The molecule has 17 nitrogen and oxygen atoms in total. The van der Waals surface area contributed by atoms with Crippen LogP contribution in [0.2, 0.25) is 0 Å². The van der Waals surface area contributed by atoms with E-state index < -0.39 is 97.5 Å². The van der Waals surface area contributed by atoms with Crippen LogP contribution in [0, 0.1) is 0 Å². The van der Waals surface area contributed by atoms with Crippen molar-refractivity contribution in [3.05, 3.63) is 85.1 Å². The van der Waals surface area contributed by atoms with E-state index in [1.165, 1.54) is 141 Å². The van der Waals surface area contributed by atoms with Crippen molar-refractivity contribution in [3.8, 4) is 0 Å². The molecule has 0 rings (SSSR count). The lowest BCUT2D eigenvalue weighted by atomic mass is 10.0. The van der Waals surface area contributed by atoms with Crippen LogP contribution >= 0.6 is 15.6 Å². The van der Waals surface area contributed by atoms with E-state index in [9.17, 15) is 43.2 Å². The average molecular weight is 1480 g/mol. The Bertz CT molecular complexity index is 2260. The van der Waals surface area contributed by atoms with E-state index in [-0.39, 0.29) is 25.7 Å². The first kappa shape index (κ1) is 98.2. The second-order valence-corrected chi connectivity index (χ2v) is 30.3. The van der Waals surface area contributed by atoms with Crippen molar-refractivity contribution in [2.24, 2.45) is 0 Å². The van der Waals surface area contributed by atoms with Crippen molar-refractivity contribution in [1.82, 2.24) is 0 Å². The van der Waals surface area contributed by atoms with Gasteiger partial charge in [-0.15, -0.1) is 0 Å². The summed E-state index contributed by atoms with van der Waals surface area (Å²) in [4.78, 5) is 73.0. The van der Waals surface area contributed by atoms with Crippen LogP contribution in [0.25, 0.3) is 0 Å². The van der Waals surface area contributed by atoms with E-state index in [0.29, 0.717) is 32.1 Å². The van der Waals surface area contributed by atoms with Gasteiger partial charge in [-0.05, 0) is 122 Å². The summed E-state index contributed by atoms with van der Waals surface area (Å²) in [5.41, 5.74) is 0. The summed E-state index contributed by atoms with van der Waals surface area (Å²) in [5, 5.41) is 10.6. The lowest BCUT2D eigenvalue weighted by Gasteiger charge is -2.21. The van der Waals surface area contributed by atoms with Crippen molar-refractivity contribution in [2.75, 3.05) is 39.6 Å². The first-order valence-corrected chi connectivity index (χ1v) is 43.8. The Hall–Kier alpha value is -3.76. The molecule has 5 atom stereocenters. The first-order valence-electron chi connectivity index (χ1n) is 40.8. The third-order valence-electron chi connectivity index (χ3n) is 17.3. The number of phosphoric ester groups is 2. The van der Waals surface area contributed by atoms with Gasteiger partial charge in [0.25, 0.3) is 0 Å². The summed E-state index contributed by atoms with van der Waals surface area (Å²) in [7, 11) is -9.97. The molecule has 0 heterocycles. The van der Waals surface area contributed by atoms with Gasteiger partial charge in [-0.1, -0.05) is 299 Å². The molecule has 0 saturated carbocycles. The fourth-order valence-corrected chi connectivity index (χ4v) is 12.6. The average Bonchev–Trinajstić information content (AvgIpc) is 0.923. The Morgan fingerprint density at radius 3 is 0.804 bits per heavy atom. The molecule has 19 heteroatoms. The third kappa shape index (κ3) is 74.5. The van der Waals surface area contributed by atoms with Crippen LogP contribution in [-0.2, 0) is 65.4 Å². The molecule has 3 N–H and O–H groups in total. The van der Waals surface area contributed by atoms with Gasteiger partial charge in [-0.25, -0.2) is 9.13 Å². The number of carbonyl (C=O) groups is 4. The highest BCUT2D eigenvalue weighted by molar-refractivity contribution is 7.47. The highest BCUT2D eigenvalue weighted by Crippen LogP contribution is 2.45. The van der Waals surface area contributed by atoms with E-state index in [0.717, 1.165) is 135 Å². The van der Waals surface area contributed by atoms with Gasteiger partial charge >= 0.3 is 39.5 Å². The zero-order valence-corrected chi connectivity index (χ0v) is 66.6. The quantitative estimate of drug-likeness (QED) is 0.0169. The molecule has 102 heavy (non-hydrogen) atoms. The minimum atomic E-state index is -4.99. The number of allylic oxidation sites excluding steroid dienone is 14. The number of phosphoric acid groups is 2. The van der Waals surface area contributed by atoms with E-state index >= 15 is 0 Å². The van der Waals surface area contributed by atoms with E-state index in [2.05, 4.69) is 101 Å². The summed E-state index contributed by atoms with van der Waals surface area (Å²) < 4.78 is 68.6. The Labute approximate surface area is 621 Å². The minimum absolute atomic E-state index is 0.0750. The van der Waals surface area contributed by atoms with Crippen LogP contribution in [-0.4, -0.2) is 96.7 Å². The third-order valence-corrected chi connectivity index (χ3v) is 19.2. The van der Waals surface area contributed by atoms with Crippen molar-refractivity contribution >= 4 is 39.5 Å². The number of unbranched alkanes of at least 4 members (excludes halogenated alkanes) is 37. The van der Waals surface area contributed by atoms with Gasteiger partial charge in [0.05, 0.1) is 26.4 Å². The molecule has 0 aliphatic heterocycles. The summed E-state index contributed by atoms with van der Waals surface area (Å²) >= 11 is 0. The number of ether oxygens (including phenoxy) is 4. The maximum Gasteiger partial charge on any atom is 0.472 e. The first-order chi connectivity index (χ1) is 49.7. The summed E-state index contributed by atoms with van der Waals surface area (Å²) in [6.07, 6.45) is 78.4. The number of hydrogen-bond donors (Lipinski definition) is 3. The Balaban J connectivity index is 5.40. The highest BCUT2D eigenvalue weighted by Gasteiger charge is 2.30. The highest BCUT2D eigenvalue weighted by atomic mass is 31.2. The molecule has 0 spiro atoms. The predicted molar refractivity (Wildman–Crippen MR) is 418 cm³/mol. The monoisotopic (exact) mass is 1480 g/mol. The van der Waals surface area contributed by atoms with Gasteiger partial charge < -0.3 is 33.8 Å². The Morgan fingerprint density at radius 1 is 0.275 bits per heavy atom. The lowest BCUT2D eigenvalue weighted by Crippen LogP contribution is -2.30. The fourth-order valence-electron chi connectivity index (χ4n) is 11.1. The maximum absolute atomic E-state index is 13.1. The zero-order chi connectivity index (χ0) is 74.6. The van der Waals surface area contributed by atoms with Gasteiger partial charge in [0.15, 0.2) is 12.2 Å². The molecule has 0 aromatic heterocycles. The lowest BCUT2D eigenvalue weighted by molar-refractivity contribution is -0.161. The summed E-state index contributed by atoms with van der Waals surface area (Å²) in [5.74, 6) is -2.24. The molecule has 0 radical (unpaired) electrons. The molecule has 0 saturated heterocycles. The van der Waals surface area contributed by atoms with Gasteiger partial charge in [-0.3, -0.25) is 37.3 Å². The van der Waals surface area contributed by atoms with Crippen LogP contribution < -0.4 is 0 Å². The molecule has 2 unspecified atom stereocenters. The molecule has 0 aliphatic carbocycles. The second-order valence-electron chi connectivity index (χ2n) is 27.4. The fraction of sp³-hybridized carbons (Fsp3) is 0.783. The number of esters is 4. The largest absolute Gasteiger partial charge is 0.472 e. The predicted octanol–water partition coefficient (Wildman–Crippen LogP) is 23.8. The molecule has 0 aromatic carbocycles. The van der Waals surface area contributed by atoms with Crippen molar-refractivity contribution < 1.29 is 80.2 Å². The normalized spacial score (nSPS) is 14.3. The van der Waals surface area contributed by atoms with Crippen LogP contribution in [0.1, 0.15) is 362 Å². The zero-order valence-electron chi connectivity index (χ0n) is 64.8. The molecular formula is C83H148O17P2. The Morgan fingerprint density at radius 2 is 0.490 bits per heavy atom. The molecule has 592 valence electrons. The van der Waals surface area contributed by atoms with E-state index in [1.807, 2.05) is 12.2 Å². The van der Waals surface area contributed by atoms with E-state index in [1.54, 1.807) is 0 Å². The number of aliphatic hydroxyl groups excluding tert-OH is 1. The number of rotatable bonds is 77. The number of hydrogen-bond acceptors (Lipinski definition) is 15. The number of carbonyl (C=O) groups excluding carboxylic acids is 4. The maximum atomic E-state index is 13.1. The van der Waals surface area contributed by atoms with Gasteiger partial charge in [0, 0.05) is 25.7 Å². The Kier molecular flexibility index (Phi) is 72.7. The van der Waals surface area contributed by atoms with Gasteiger partial charge in [0.2, 0.25) is 0 Å². The van der Waals surface area contributed by atoms with Crippen LogP contribution in [0.3, 0.4) is 0 Å². The topological polar surface area (TPSA) is 237 Å². The molecule has 0 fully saturated rings. The minimum Gasteiger partial charge on any atom is -0.462 e. The van der Waals surface area contributed by atoms with Crippen LogP contribution in [0.5, 0.6) is 0 Å². The molecule has 0 aromatic rings. The van der Waals surface area contributed by atoms with Gasteiger partial charge in [-0.2, -0.15) is 0 Å². The smallest absolute Gasteiger partial charge is 0.462 e. The van der Waals surface area contributed by atoms with Crippen molar-refractivity contribution in [1.29, 1.82) is 0 Å². The molecular weight excluding hydrogens is 1330 g/mol. The van der Waals surface area contributed by atoms with Crippen LogP contribution in [0.4, 0.5) is 0 Å². The van der Waals surface area contributed by atoms with Crippen molar-refractivity contribution in [2.45, 2.75) is 380 Å². The standard InChI is InChI=1S/C83H148O17P2/c1-5-9-13-17-21-25-29-33-37-38-42-44-48-52-56-60-64-68-81(86)94-74-79(100-83(88)70-66-62-58-54-50-46-41-36-32-28-24-20-16-12-8-4)76-98-102(91,92)96-72-77(84)71-95-101(89,90)97-75-78(99-82(87)69-65-61-57-53-49-45-40-35-31-27-23-19-15-11-7-3)73-93-80(85)67-63-59-55-51-47-43-39-34-30-26-22-18-14-10-6-2/h21-22,25-26,33-34,36-37,39,41-42,44,52,56,77-79,84H,5-20,23-24,27-32,35,38,40,43,45-51,53-55,57-76H2,1-4H3,(H,89,90)(H,91,92)/b25-21-,26-22-,37-33-,39-34-,41-36-,44-42-,56-52-/t77-,78+,79+/m0/s1. The van der Waals surface area contributed by atoms with E-state index in [4.69, 9.17) is 37.0 Å². The second kappa shape index (κ2) is 75.5. The number of aliphatic hydroxyl groups is 1. The van der Waals surface area contributed by atoms with Crippen molar-refractivity contribution in [3.63, 3.8) is 0 Å². The van der Waals surface area contributed by atoms with Crippen LogP contribution in [0.15, 0.2) is 85.1 Å². The molecule has 0 aliphatic rings. The summed E-state index contributed by atoms with van der Waals surface area (Å²) in [6.45, 7) is 4.79.